The second-order valence-corrected chi connectivity index (χ2v) is 16.2. The van der Waals surface area contributed by atoms with Crippen LogP contribution in [0, 0.1) is 28.6 Å². The van der Waals surface area contributed by atoms with Crippen LogP contribution >= 0.6 is 0 Å². The van der Waals surface area contributed by atoms with Crippen LogP contribution in [0.4, 0.5) is 0 Å². The molecule has 0 amide bonds. The molecule has 2 heterocycles. The van der Waals surface area contributed by atoms with Crippen molar-refractivity contribution in [2.24, 2.45) is 28.6 Å². The zero-order valence-electron chi connectivity index (χ0n) is 30.4. The highest BCUT2D eigenvalue weighted by atomic mass is 16.7. The van der Waals surface area contributed by atoms with Crippen LogP contribution in [0.5, 0.6) is 5.75 Å². The van der Waals surface area contributed by atoms with Gasteiger partial charge in [0.05, 0.1) is 38.1 Å². The van der Waals surface area contributed by atoms with Crippen molar-refractivity contribution in [1.82, 2.24) is 0 Å². The van der Waals surface area contributed by atoms with Gasteiger partial charge in [0, 0.05) is 6.92 Å². The van der Waals surface area contributed by atoms with Gasteiger partial charge in [0.15, 0.2) is 24.8 Å². The van der Waals surface area contributed by atoms with Gasteiger partial charge in [-0.15, -0.1) is 0 Å². The number of fused-ring (bicyclic) bond motifs is 5. The van der Waals surface area contributed by atoms with E-state index >= 15 is 0 Å². The fourth-order valence-corrected chi connectivity index (χ4v) is 10.4. The number of allylic oxidation sites excluding steroid dienone is 1. The molecule has 1 aromatic carbocycles. The van der Waals surface area contributed by atoms with Crippen molar-refractivity contribution in [1.29, 1.82) is 0 Å². The fraction of sp³-hybridized carbons (Fsp3) is 0.744. The summed E-state index contributed by atoms with van der Waals surface area (Å²) in [6.45, 7) is 5.42. The maximum Gasteiger partial charge on any atom is 0.338 e. The molecule has 3 saturated carbocycles. The number of hydrogen-bond donors (Lipinski definition) is 4. The SMILES string of the molecule is COc1ccc(C(=O)O[C@H]2[C@H](O[C@@H]3[C@@H](OC(C)=O)[C@H](O[C@H]4CC[C@H]5[C@@H]6CC=C7C[C@@H](O)CC[C@]7(C)[C@H]6CC[C@]45C)OC[C@@H]3O)OC[C@@H](O)[C@@H]2O)cc1. The molecule has 2 saturated heterocycles. The molecular weight excluding hydrogens is 676 g/mol. The molecule has 0 bridgehead atoms. The number of hydrogen-bond acceptors (Lipinski definition) is 13. The molecule has 15 atom stereocenters. The summed E-state index contributed by atoms with van der Waals surface area (Å²) in [5.74, 6) is 0.580. The van der Waals surface area contributed by atoms with Gasteiger partial charge in [-0.25, -0.2) is 4.79 Å². The summed E-state index contributed by atoms with van der Waals surface area (Å²) in [6, 6.07) is 6.15. The number of carbonyl (C=O) groups is 2. The quantitative estimate of drug-likeness (QED) is 0.227. The standard InChI is InChI=1S/C39H54O13/c1-20(40)49-34-32(52-36-33(31(44)28(42)18-47-36)51-35(45)21-5-8-24(46-4)9-6-21)29(43)19-48-37(34)50-30-12-11-26-25-10-7-22-17-23(41)13-15-38(22,2)27(25)14-16-39(26,30)3/h5-9,23,25-34,36-37,41-44H,10-19H2,1-4H3/t23-,25-,26-,27-,28+,29-,30-,31-,32-,33+,34+,36-,37-,38-,39-/m0/s1. The van der Waals surface area contributed by atoms with Crippen LogP contribution in [0.25, 0.3) is 0 Å². The minimum absolute atomic E-state index is 0.113. The lowest BCUT2D eigenvalue weighted by Gasteiger charge is -2.58. The number of rotatable bonds is 8. The van der Waals surface area contributed by atoms with E-state index in [4.69, 9.17) is 33.2 Å². The van der Waals surface area contributed by atoms with E-state index in [1.54, 1.807) is 12.1 Å². The normalized spacial score (nSPS) is 44.4. The van der Waals surface area contributed by atoms with E-state index in [1.165, 1.54) is 31.7 Å². The highest BCUT2D eigenvalue weighted by molar-refractivity contribution is 5.89. The Bertz CT molecular complexity index is 1480. The average Bonchev–Trinajstić information content (AvgIpc) is 3.46. The first-order valence-electron chi connectivity index (χ1n) is 18.8. The zero-order chi connectivity index (χ0) is 36.9. The maximum atomic E-state index is 13.1. The molecule has 0 spiro atoms. The average molecular weight is 731 g/mol. The van der Waals surface area contributed by atoms with Crippen molar-refractivity contribution in [2.45, 2.75) is 134 Å². The first-order valence-corrected chi connectivity index (χ1v) is 18.8. The molecule has 0 unspecified atom stereocenters. The molecule has 6 aliphatic rings. The van der Waals surface area contributed by atoms with Crippen molar-refractivity contribution >= 4 is 11.9 Å². The topological polar surface area (TPSA) is 180 Å². The molecule has 4 aliphatic carbocycles. The molecule has 1 aromatic rings. The lowest BCUT2D eigenvalue weighted by molar-refractivity contribution is -0.342. The number of aliphatic hydroxyl groups excluding tert-OH is 4. The Labute approximate surface area is 304 Å². The first kappa shape index (κ1) is 37.7. The lowest BCUT2D eigenvalue weighted by Crippen LogP contribution is -2.62. The van der Waals surface area contributed by atoms with Gasteiger partial charge in [-0.2, -0.15) is 0 Å². The molecule has 0 radical (unpaired) electrons. The Balaban J connectivity index is 1.07. The molecule has 0 aromatic heterocycles. The van der Waals surface area contributed by atoms with Gasteiger partial charge < -0.3 is 53.6 Å². The van der Waals surface area contributed by atoms with Crippen LogP contribution in [0.15, 0.2) is 35.9 Å². The number of methoxy groups -OCH3 is 1. The fourth-order valence-electron chi connectivity index (χ4n) is 10.4. The summed E-state index contributed by atoms with van der Waals surface area (Å²) in [7, 11) is 1.50. The van der Waals surface area contributed by atoms with E-state index in [-0.39, 0.29) is 41.8 Å². The molecule has 13 heteroatoms. The molecule has 288 valence electrons. The zero-order valence-corrected chi connectivity index (χ0v) is 30.4. The number of ether oxygens (including phenoxy) is 7. The molecule has 13 nitrogen and oxygen atoms in total. The third-order valence-corrected chi connectivity index (χ3v) is 13.3. The highest BCUT2D eigenvalue weighted by Gasteiger charge is 2.60. The molecule has 52 heavy (non-hydrogen) atoms. The molecule has 2 aliphatic heterocycles. The second kappa shape index (κ2) is 14.9. The maximum absolute atomic E-state index is 13.1. The third-order valence-electron chi connectivity index (χ3n) is 13.3. The summed E-state index contributed by atoms with van der Waals surface area (Å²) in [5, 5.41) is 42.9. The van der Waals surface area contributed by atoms with Crippen molar-refractivity contribution in [3.8, 4) is 5.75 Å². The highest BCUT2D eigenvalue weighted by Crippen LogP contribution is 2.65. The van der Waals surface area contributed by atoms with Gasteiger partial charge in [-0.3, -0.25) is 4.79 Å². The van der Waals surface area contributed by atoms with Crippen LogP contribution in [0.3, 0.4) is 0 Å². The summed E-state index contributed by atoms with van der Waals surface area (Å²) in [4.78, 5) is 25.6. The van der Waals surface area contributed by atoms with E-state index in [1.807, 2.05) is 0 Å². The Kier molecular flexibility index (Phi) is 10.8. The smallest absolute Gasteiger partial charge is 0.338 e. The summed E-state index contributed by atoms with van der Waals surface area (Å²) in [5.41, 5.74) is 1.55. The van der Waals surface area contributed by atoms with Crippen LogP contribution in [-0.4, -0.2) is 114 Å². The van der Waals surface area contributed by atoms with Gasteiger partial charge in [-0.1, -0.05) is 25.5 Å². The van der Waals surface area contributed by atoms with Crippen LogP contribution in [0.2, 0.25) is 0 Å². The molecule has 7 rings (SSSR count). The lowest BCUT2D eigenvalue weighted by atomic mass is 9.48. The second-order valence-electron chi connectivity index (χ2n) is 16.2. The molecule has 5 fully saturated rings. The first-order chi connectivity index (χ1) is 24.8. The van der Waals surface area contributed by atoms with E-state index in [9.17, 15) is 30.0 Å². The number of benzene rings is 1. The third kappa shape index (κ3) is 6.92. The van der Waals surface area contributed by atoms with Crippen LogP contribution in [0.1, 0.15) is 82.5 Å². The van der Waals surface area contributed by atoms with Gasteiger partial charge in [0.2, 0.25) is 0 Å². The Morgan fingerprint density at radius 1 is 0.808 bits per heavy atom. The van der Waals surface area contributed by atoms with Crippen LogP contribution in [-0.2, 0) is 33.2 Å². The monoisotopic (exact) mass is 730 g/mol. The van der Waals surface area contributed by atoms with Crippen molar-refractivity contribution < 1.29 is 63.2 Å². The minimum atomic E-state index is -1.57. The Hall–Kier alpha value is -2.62. The number of aliphatic hydroxyl groups is 4. The van der Waals surface area contributed by atoms with E-state index in [0.717, 1.165) is 51.4 Å². The predicted molar refractivity (Wildman–Crippen MR) is 183 cm³/mol. The van der Waals surface area contributed by atoms with Gasteiger partial charge in [-0.05, 0) is 104 Å². The van der Waals surface area contributed by atoms with E-state index in [0.29, 0.717) is 23.5 Å². The number of esters is 2. The van der Waals surface area contributed by atoms with Gasteiger partial charge in [0.1, 0.15) is 30.2 Å². The Morgan fingerprint density at radius 2 is 1.52 bits per heavy atom. The van der Waals surface area contributed by atoms with E-state index in [2.05, 4.69) is 19.9 Å². The van der Waals surface area contributed by atoms with E-state index < -0.39 is 61.1 Å². The van der Waals surface area contributed by atoms with Gasteiger partial charge >= 0.3 is 11.9 Å². The molecule has 4 N–H and O–H groups in total. The van der Waals surface area contributed by atoms with Crippen molar-refractivity contribution in [3.05, 3.63) is 41.5 Å². The summed E-state index contributed by atoms with van der Waals surface area (Å²) in [6.07, 6.45) is -1.32. The van der Waals surface area contributed by atoms with Crippen LogP contribution < -0.4 is 4.74 Å². The summed E-state index contributed by atoms with van der Waals surface area (Å²) >= 11 is 0. The largest absolute Gasteiger partial charge is 0.497 e. The van der Waals surface area contributed by atoms with Crippen molar-refractivity contribution in [3.63, 3.8) is 0 Å². The number of carbonyl (C=O) groups excluding carboxylic acids is 2. The minimum Gasteiger partial charge on any atom is -0.497 e. The molecular formula is C39H54O13. The van der Waals surface area contributed by atoms with Crippen molar-refractivity contribution in [2.75, 3.05) is 20.3 Å². The predicted octanol–water partition coefficient (Wildman–Crippen LogP) is 3.04. The Morgan fingerprint density at radius 3 is 2.23 bits per heavy atom. The summed E-state index contributed by atoms with van der Waals surface area (Å²) < 4.78 is 41.3. The van der Waals surface area contributed by atoms with Gasteiger partial charge in [0.25, 0.3) is 0 Å².